The summed E-state index contributed by atoms with van der Waals surface area (Å²) >= 11 is 0. The lowest BCUT2D eigenvalue weighted by atomic mass is 9.89. The zero-order valence-corrected chi connectivity index (χ0v) is 13.0. The molecule has 0 saturated carbocycles. The Hall–Kier alpha value is -1.33. The van der Waals surface area contributed by atoms with Crippen molar-refractivity contribution in [3.8, 4) is 0 Å². The van der Waals surface area contributed by atoms with E-state index in [1.807, 2.05) is 4.90 Å². The molecule has 0 spiro atoms. The summed E-state index contributed by atoms with van der Waals surface area (Å²) in [6, 6.07) is 3.90. The highest BCUT2D eigenvalue weighted by atomic mass is 16.3. The number of aliphatic hydroxyl groups excluding tert-OH is 1. The van der Waals surface area contributed by atoms with Gasteiger partial charge in [0.25, 0.3) is 5.91 Å². The van der Waals surface area contributed by atoms with Gasteiger partial charge in [-0.2, -0.15) is 0 Å². The lowest BCUT2D eigenvalue weighted by Crippen LogP contribution is -2.46. The number of amides is 1. The zero-order valence-electron chi connectivity index (χ0n) is 13.0. The monoisotopic (exact) mass is 294 g/mol. The fourth-order valence-electron chi connectivity index (χ4n) is 2.65. The van der Waals surface area contributed by atoms with Gasteiger partial charge in [0.2, 0.25) is 0 Å². The van der Waals surface area contributed by atoms with Crippen LogP contribution in [0.1, 0.15) is 43.7 Å². The standard InChI is InChI=1S/C16H26N2O3/c1-16(2,7-10-19)12-17-13-5-8-18(9-6-13)15(20)14-4-3-11-21-14/h3-4,11,13,17,19H,5-10,12H2,1-2H3. The number of rotatable bonds is 6. The van der Waals surface area contributed by atoms with E-state index < -0.39 is 0 Å². The Bertz CT molecular complexity index is 434. The van der Waals surface area contributed by atoms with Crippen molar-refractivity contribution in [2.75, 3.05) is 26.2 Å². The molecule has 21 heavy (non-hydrogen) atoms. The van der Waals surface area contributed by atoms with Crippen molar-refractivity contribution in [2.45, 2.75) is 39.2 Å². The summed E-state index contributed by atoms with van der Waals surface area (Å²) in [5.74, 6) is 0.407. The molecule has 0 bridgehead atoms. The number of furan rings is 1. The first kappa shape index (κ1) is 16.0. The van der Waals surface area contributed by atoms with Gasteiger partial charge in [-0.1, -0.05) is 13.8 Å². The van der Waals surface area contributed by atoms with Crippen molar-refractivity contribution in [1.29, 1.82) is 0 Å². The second-order valence-corrected chi connectivity index (χ2v) is 6.56. The molecule has 0 aliphatic carbocycles. The first-order valence-electron chi connectivity index (χ1n) is 7.69. The number of aliphatic hydroxyl groups is 1. The van der Waals surface area contributed by atoms with E-state index in [2.05, 4.69) is 19.2 Å². The molecule has 5 heteroatoms. The van der Waals surface area contributed by atoms with Crippen LogP contribution in [-0.2, 0) is 0 Å². The lowest BCUT2D eigenvalue weighted by Gasteiger charge is -2.34. The van der Waals surface area contributed by atoms with Gasteiger partial charge >= 0.3 is 0 Å². The van der Waals surface area contributed by atoms with Gasteiger partial charge in [-0.25, -0.2) is 0 Å². The Labute approximate surface area is 126 Å². The Kier molecular flexibility index (Phi) is 5.42. The van der Waals surface area contributed by atoms with E-state index in [0.717, 1.165) is 38.9 Å². The number of nitrogens with zero attached hydrogens (tertiary/aromatic N) is 1. The van der Waals surface area contributed by atoms with Crippen LogP contribution >= 0.6 is 0 Å². The summed E-state index contributed by atoms with van der Waals surface area (Å²) in [6.45, 7) is 6.96. The van der Waals surface area contributed by atoms with Gasteiger partial charge < -0.3 is 19.7 Å². The molecule has 0 atom stereocenters. The second-order valence-electron chi connectivity index (χ2n) is 6.56. The smallest absolute Gasteiger partial charge is 0.289 e. The first-order chi connectivity index (χ1) is 10.0. The van der Waals surface area contributed by atoms with Crippen molar-refractivity contribution < 1.29 is 14.3 Å². The molecule has 1 fully saturated rings. The van der Waals surface area contributed by atoms with Crippen molar-refractivity contribution in [2.24, 2.45) is 5.41 Å². The predicted octanol–water partition coefficient (Wildman–Crippen LogP) is 1.88. The Morgan fingerprint density at radius 1 is 1.48 bits per heavy atom. The van der Waals surface area contributed by atoms with Crippen molar-refractivity contribution in [1.82, 2.24) is 10.2 Å². The maximum absolute atomic E-state index is 12.2. The maximum atomic E-state index is 12.2. The molecular formula is C16H26N2O3. The third-order valence-corrected chi connectivity index (χ3v) is 4.17. The number of nitrogens with one attached hydrogen (secondary N) is 1. The molecule has 2 N–H and O–H groups in total. The van der Waals surface area contributed by atoms with Gasteiger partial charge in [0, 0.05) is 32.3 Å². The highest BCUT2D eigenvalue weighted by molar-refractivity contribution is 5.91. The van der Waals surface area contributed by atoms with Crippen LogP contribution in [0.25, 0.3) is 0 Å². The number of carbonyl (C=O) groups is 1. The number of hydrogen-bond acceptors (Lipinski definition) is 4. The molecule has 118 valence electrons. The van der Waals surface area contributed by atoms with Crippen LogP contribution in [0.5, 0.6) is 0 Å². The average molecular weight is 294 g/mol. The van der Waals surface area contributed by atoms with Crippen LogP contribution in [0, 0.1) is 5.41 Å². The highest BCUT2D eigenvalue weighted by Gasteiger charge is 2.26. The Morgan fingerprint density at radius 3 is 2.76 bits per heavy atom. The third-order valence-electron chi connectivity index (χ3n) is 4.17. The maximum Gasteiger partial charge on any atom is 0.289 e. The van der Waals surface area contributed by atoms with Gasteiger partial charge in [0.05, 0.1) is 6.26 Å². The summed E-state index contributed by atoms with van der Waals surface area (Å²) in [7, 11) is 0. The van der Waals surface area contributed by atoms with Crippen LogP contribution in [0.2, 0.25) is 0 Å². The van der Waals surface area contributed by atoms with E-state index in [9.17, 15) is 4.79 Å². The van der Waals surface area contributed by atoms with E-state index in [0.29, 0.717) is 11.8 Å². The third kappa shape index (κ3) is 4.58. The summed E-state index contributed by atoms with van der Waals surface area (Å²) in [5.41, 5.74) is 0.107. The fraction of sp³-hybridized carbons (Fsp3) is 0.688. The van der Waals surface area contributed by atoms with E-state index in [1.165, 1.54) is 6.26 Å². The Balaban J connectivity index is 1.75. The summed E-state index contributed by atoms with van der Waals surface area (Å²) in [6.07, 6.45) is 4.25. The quantitative estimate of drug-likeness (QED) is 0.841. The molecule has 5 nitrogen and oxygen atoms in total. The SMILES string of the molecule is CC(C)(CCO)CNC1CCN(C(=O)c2ccco2)CC1. The normalized spacial score (nSPS) is 17.2. The van der Waals surface area contributed by atoms with Crippen molar-refractivity contribution in [3.63, 3.8) is 0 Å². The minimum atomic E-state index is -0.0148. The molecule has 0 unspecified atom stereocenters. The molecule has 2 heterocycles. The summed E-state index contributed by atoms with van der Waals surface area (Å²) in [4.78, 5) is 14.0. The van der Waals surface area contributed by atoms with Gasteiger partial charge in [-0.05, 0) is 36.8 Å². The minimum Gasteiger partial charge on any atom is -0.459 e. The minimum absolute atomic E-state index is 0.0148. The van der Waals surface area contributed by atoms with E-state index >= 15 is 0 Å². The molecule has 1 aliphatic rings. The molecular weight excluding hydrogens is 268 g/mol. The molecule has 1 aromatic heterocycles. The van der Waals surface area contributed by atoms with Crippen molar-refractivity contribution in [3.05, 3.63) is 24.2 Å². The predicted molar refractivity (Wildman–Crippen MR) is 81.1 cm³/mol. The van der Waals surface area contributed by atoms with Gasteiger partial charge in [-0.15, -0.1) is 0 Å². The topological polar surface area (TPSA) is 65.7 Å². The number of piperidine rings is 1. The molecule has 0 radical (unpaired) electrons. The first-order valence-corrected chi connectivity index (χ1v) is 7.69. The average Bonchev–Trinajstić information content (AvgIpc) is 2.99. The summed E-state index contributed by atoms with van der Waals surface area (Å²) in [5, 5.41) is 12.6. The fourth-order valence-corrected chi connectivity index (χ4v) is 2.65. The highest BCUT2D eigenvalue weighted by Crippen LogP contribution is 2.20. The van der Waals surface area contributed by atoms with Gasteiger partial charge in [0.1, 0.15) is 0 Å². The van der Waals surface area contributed by atoms with Crippen LogP contribution in [0.4, 0.5) is 0 Å². The zero-order chi connectivity index (χ0) is 15.3. The summed E-state index contributed by atoms with van der Waals surface area (Å²) < 4.78 is 5.16. The van der Waals surface area contributed by atoms with E-state index in [4.69, 9.17) is 9.52 Å². The number of hydrogen-bond donors (Lipinski definition) is 2. The van der Waals surface area contributed by atoms with Gasteiger partial charge in [0.15, 0.2) is 5.76 Å². The molecule has 0 aromatic carbocycles. The largest absolute Gasteiger partial charge is 0.459 e. The molecule has 1 aromatic rings. The molecule has 2 rings (SSSR count). The van der Waals surface area contributed by atoms with E-state index in [-0.39, 0.29) is 17.9 Å². The molecule has 1 aliphatic heterocycles. The molecule has 1 amide bonds. The van der Waals surface area contributed by atoms with Crippen LogP contribution < -0.4 is 5.32 Å². The Morgan fingerprint density at radius 2 is 2.19 bits per heavy atom. The van der Waals surface area contributed by atoms with Crippen LogP contribution in [0.15, 0.2) is 22.8 Å². The number of likely N-dealkylation sites (tertiary alicyclic amines) is 1. The molecule has 1 saturated heterocycles. The van der Waals surface area contributed by atoms with Crippen molar-refractivity contribution >= 4 is 5.91 Å². The number of carbonyl (C=O) groups excluding carboxylic acids is 1. The van der Waals surface area contributed by atoms with E-state index in [1.54, 1.807) is 12.1 Å². The lowest BCUT2D eigenvalue weighted by molar-refractivity contribution is 0.0668. The van der Waals surface area contributed by atoms with Gasteiger partial charge in [-0.3, -0.25) is 4.79 Å². The second kappa shape index (κ2) is 7.09. The van der Waals surface area contributed by atoms with Crippen LogP contribution in [0.3, 0.4) is 0 Å². The van der Waals surface area contributed by atoms with Crippen LogP contribution in [-0.4, -0.2) is 48.2 Å².